The van der Waals surface area contributed by atoms with Crippen LogP contribution in [0.2, 0.25) is 0 Å². The zero-order valence-electron chi connectivity index (χ0n) is 11.7. The molecule has 6 nitrogen and oxygen atoms in total. The quantitative estimate of drug-likeness (QED) is 0.554. The molecule has 2 heterocycles. The van der Waals surface area contributed by atoms with Gasteiger partial charge in [0.2, 0.25) is 12.3 Å². The number of carbonyl (C=O) groups is 3. The molecule has 2 aliphatic rings. The lowest BCUT2D eigenvalue weighted by Gasteiger charge is -2.32. The molecule has 3 amide bonds. The average Bonchev–Trinajstić information content (AvgIpc) is 2.83. The van der Waals surface area contributed by atoms with Crippen molar-refractivity contribution in [2.45, 2.75) is 12.5 Å². The van der Waals surface area contributed by atoms with Gasteiger partial charge in [-0.15, -0.1) is 0 Å². The van der Waals surface area contributed by atoms with E-state index in [1.165, 1.54) is 4.90 Å². The molecule has 3 rings (SSSR count). The van der Waals surface area contributed by atoms with Gasteiger partial charge >= 0.3 is 0 Å². The van der Waals surface area contributed by atoms with Crippen molar-refractivity contribution in [2.24, 2.45) is 0 Å². The molecule has 1 aromatic carbocycles. The van der Waals surface area contributed by atoms with E-state index in [1.54, 1.807) is 17.0 Å². The smallest absolute Gasteiger partial charge is 0.292 e. The summed E-state index contributed by atoms with van der Waals surface area (Å²) in [5.74, 6) is -0.262. The zero-order valence-corrected chi connectivity index (χ0v) is 11.7. The fraction of sp³-hybridized carbons (Fsp3) is 0.400. The normalized spacial score (nSPS) is 23.7. The van der Waals surface area contributed by atoms with Gasteiger partial charge in [-0.3, -0.25) is 14.4 Å². The Morgan fingerprint density at radius 2 is 1.76 bits per heavy atom. The molecule has 21 heavy (non-hydrogen) atoms. The summed E-state index contributed by atoms with van der Waals surface area (Å²) in [6, 6.07) is 8.73. The minimum absolute atomic E-state index is 0.124. The van der Waals surface area contributed by atoms with Crippen LogP contribution in [0.15, 0.2) is 30.3 Å². The van der Waals surface area contributed by atoms with Gasteiger partial charge in [0.05, 0.1) is 38.3 Å². The highest BCUT2D eigenvalue weighted by molar-refractivity contribution is 6.21. The van der Waals surface area contributed by atoms with Gasteiger partial charge in [0, 0.05) is 0 Å². The van der Waals surface area contributed by atoms with E-state index in [2.05, 4.69) is 0 Å². The van der Waals surface area contributed by atoms with Crippen LogP contribution in [0.4, 0.5) is 5.69 Å². The van der Waals surface area contributed by atoms with Crippen molar-refractivity contribution in [1.29, 1.82) is 0 Å². The molecule has 2 saturated heterocycles. The topological polar surface area (TPSA) is 62.1 Å². The predicted molar refractivity (Wildman–Crippen MR) is 75.7 cm³/mol. The number of hydrogen-bond donors (Lipinski definition) is 1. The number of rotatable bonds is 3. The van der Waals surface area contributed by atoms with Crippen LogP contribution in [0.3, 0.4) is 0 Å². The highest BCUT2D eigenvalue weighted by Crippen LogP contribution is 2.21. The first-order chi connectivity index (χ1) is 10.2. The molecule has 1 aromatic rings. The van der Waals surface area contributed by atoms with Crippen molar-refractivity contribution in [3.8, 4) is 0 Å². The molecule has 6 heteroatoms. The van der Waals surface area contributed by atoms with Crippen LogP contribution in [-0.2, 0) is 14.4 Å². The monoisotopic (exact) mass is 288 g/mol. The van der Waals surface area contributed by atoms with Crippen molar-refractivity contribution < 1.29 is 19.3 Å². The van der Waals surface area contributed by atoms with Gasteiger partial charge in [0.25, 0.3) is 5.91 Å². The second-order valence-electron chi connectivity index (χ2n) is 5.46. The molecular weight excluding hydrogens is 270 g/mol. The van der Waals surface area contributed by atoms with Crippen LogP contribution in [0.1, 0.15) is 6.42 Å². The van der Waals surface area contributed by atoms with E-state index in [9.17, 15) is 14.4 Å². The molecule has 110 valence electrons. The second kappa shape index (κ2) is 5.65. The van der Waals surface area contributed by atoms with Crippen molar-refractivity contribution >= 4 is 23.9 Å². The highest BCUT2D eigenvalue weighted by atomic mass is 16.2. The molecule has 2 aliphatic heterocycles. The van der Waals surface area contributed by atoms with Crippen LogP contribution in [0, 0.1) is 0 Å². The lowest BCUT2D eigenvalue weighted by Crippen LogP contribution is -3.19. The summed E-state index contributed by atoms with van der Waals surface area (Å²) in [5, 5.41) is 0. The number of benzene rings is 1. The number of anilines is 1. The highest BCUT2D eigenvalue weighted by Gasteiger charge is 2.46. The largest absolute Gasteiger partial charge is 0.334 e. The number of quaternary nitrogens is 1. The maximum Gasteiger partial charge on any atom is 0.292 e. The lowest BCUT2D eigenvalue weighted by molar-refractivity contribution is -0.918. The van der Waals surface area contributed by atoms with E-state index in [0.717, 1.165) is 11.3 Å². The van der Waals surface area contributed by atoms with Gasteiger partial charge in [-0.1, -0.05) is 18.2 Å². The van der Waals surface area contributed by atoms with Crippen molar-refractivity contribution in [2.75, 3.05) is 31.1 Å². The van der Waals surface area contributed by atoms with Gasteiger partial charge in [-0.25, -0.2) is 4.90 Å². The number of para-hydroxylation sites is 1. The Kier molecular flexibility index (Phi) is 3.70. The van der Waals surface area contributed by atoms with Crippen LogP contribution in [0.25, 0.3) is 0 Å². The Hall–Kier alpha value is -2.21. The molecule has 0 spiro atoms. The molecule has 0 saturated carbocycles. The minimum atomic E-state index is -0.313. The maximum absolute atomic E-state index is 12.6. The molecule has 1 N–H and O–H groups in total. The molecule has 0 radical (unpaired) electrons. The molecule has 0 aromatic heterocycles. The fourth-order valence-electron chi connectivity index (χ4n) is 3.06. The van der Waals surface area contributed by atoms with Crippen LogP contribution in [0.5, 0.6) is 0 Å². The number of nitrogens with one attached hydrogen (secondary N) is 1. The van der Waals surface area contributed by atoms with Crippen molar-refractivity contribution in [1.82, 2.24) is 4.90 Å². The first-order valence-electron chi connectivity index (χ1n) is 7.16. The first kappa shape index (κ1) is 13.8. The Bertz CT molecular complexity index is 553. The molecule has 0 aliphatic carbocycles. The van der Waals surface area contributed by atoms with E-state index in [1.807, 2.05) is 18.2 Å². The maximum atomic E-state index is 12.6. The van der Waals surface area contributed by atoms with Crippen LogP contribution < -0.4 is 9.80 Å². The van der Waals surface area contributed by atoms with Gasteiger partial charge in [-0.05, 0) is 12.1 Å². The van der Waals surface area contributed by atoms with E-state index < -0.39 is 0 Å². The SMILES string of the molecule is O=CN1CC[NH+]([C@@H]2CC(=O)N(c3ccccc3)C2=O)CC1. The summed E-state index contributed by atoms with van der Waals surface area (Å²) < 4.78 is 0. The van der Waals surface area contributed by atoms with Crippen LogP contribution >= 0.6 is 0 Å². The average molecular weight is 288 g/mol. The van der Waals surface area contributed by atoms with E-state index in [-0.39, 0.29) is 24.3 Å². The molecule has 2 fully saturated rings. The van der Waals surface area contributed by atoms with E-state index in [0.29, 0.717) is 31.9 Å². The Morgan fingerprint density at radius 1 is 1.10 bits per heavy atom. The number of nitrogens with zero attached hydrogens (tertiary/aromatic N) is 2. The van der Waals surface area contributed by atoms with Crippen LogP contribution in [-0.4, -0.2) is 55.3 Å². The molecule has 0 unspecified atom stereocenters. The van der Waals surface area contributed by atoms with E-state index in [4.69, 9.17) is 0 Å². The number of piperazine rings is 1. The second-order valence-corrected chi connectivity index (χ2v) is 5.46. The molecule has 0 bridgehead atoms. The molecule has 1 atom stereocenters. The number of imide groups is 1. The third-order valence-electron chi connectivity index (χ3n) is 4.24. The number of carbonyl (C=O) groups excluding carboxylic acids is 3. The third-order valence-corrected chi connectivity index (χ3v) is 4.24. The summed E-state index contributed by atoms with van der Waals surface area (Å²) in [4.78, 5) is 39.6. The van der Waals surface area contributed by atoms with Gasteiger partial charge in [-0.2, -0.15) is 0 Å². The standard InChI is InChI=1S/C15H17N3O3/c19-11-16-6-8-17(9-7-16)13-10-14(20)18(15(13)21)12-4-2-1-3-5-12/h1-5,11,13H,6-10H2/p+1/t13-/m1/s1. The van der Waals surface area contributed by atoms with Gasteiger partial charge < -0.3 is 9.80 Å². The lowest BCUT2D eigenvalue weighted by atomic mass is 10.2. The minimum Gasteiger partial charge on any atom is -0.334 e. The third kappa shape index (κ3) is 2.54. The summed E-state index contributed by atoms with van der Waals surface area (Å²) >= 11 is 0. The predicted octanol–water partition coefficient (Wildman–Crippen LogP) is -1.32. The molecular formula is C15H18N3O3+. The fourth-order valence-corrected chi connectivity index (χ4v) is 3.06. The zero-order chi connectivity index (χ0) is 14.8. The summed E-state index contributed by atoms with van der Waals surface area (Å²) in [5.41, 5.74) is 0.640. The van der Waals surface area contributed by atoms with Gasteiger partial charge in [0.1, 0.15) is 0 Å². The Balaban J connectivity index is 1.74. The summed E-state index contributed by atoms with van der Waals surface area (Å²) in [6.07, 6.45) is 1.10. The Morgan fingerprint density at radius 3 is 2.38 bits per heavy atom. The first-order valence-corrected chi connectivity index (χ1v) is 7.16. The van der Waals surface area contributed by atoms with E-state index >= 15 is 0 Å². The summed E-state index contributed by atoms with van der Waals surface area (Å²) in [7, 11) is 0. The van der Waals surface area contributed by atoms with Crippen molar-refractivity contribution in [3.05, 3.63) is 30.3 Å². The Labute approximate surface area is 122 Å². The summed E-state index contributed by atoms with van der Waals surface area (Å²) in [6.45, 7) is 2.71. The number of hydrogen-bond acceptors (Lipinski definition) is 3. The number of amides is 3. The van der Waals surface area contributed by atoms with Gasteiger partial charge in [0.15, 0.2) is 6.04 Å². The van der Waals surface area contributed by atoms with Crippen molar-refractivity contribution in [3.63, 3.8) is 0 Å².